The number of ether oxygens (including phenoxy) is 2. The summed E-state index contributed by atoms with van der Waals surface area (Å²) in [6.45, 7) is 6.79. The molecule has 1 rings (SSSR count). The van der Waals surface area contributed by atoms with E-state index in [2.05, 4.69) is 32.9 Å². The van der Waals surface area contributed by atoms with Crippen LogP contribution in [0.3, 0.4) is 0 Å². The zero-order valence-electron chi connectivity index (χ0n) is 10.9. The maximum absolute atomic E-state index is 5.29. The summed E-state index contributed by atoms with van der Waals surface area (Å²) in [5.41, 5.74) is 1.30. The van der Waals surface area contributed by atoms with Crippen LogP contribution in [0.15, 0.2) is 18.2 Å². The van der Waals surface area contributed by atoms with Gasteiger partial charge < -0.3 is 9.47 Å². The van der Waals surface area contributed by atoms with Gasteiger partial charge in [0.05, 0.1) is 14.2 Å². The lowest BCUT2D eigenvalue weighted by Gasteiger charge is -2.16. The molecule has 1 atom stereocenters. The van der Waals surface area contributed by atoms with Crippen LogP contribution in [0.25, 0.3) is 0 Å². The van der Waals surface area contributed by atoms with Gasteiger partial charge in [-0.3, -0.25) is 0 Å². The Bertz CT molecular complexity index is 332. The van der Waals surface area contributed by atoms with E-state index in [1.807, 2.05) is 6.07 Å². The molecule has 1 aromatic rings. The van der Waals surface area contributed by atoms with Gasteiger partial charge in [0.25, 0.3) is 0 Å². The predicted octanol–water partition coefficient (Wildman–Crippen LogP) is 3.54. The second kappa shape index (κ2) is 5.78. The third-order valence-corrected chi connectivity index (χ3v) is 3.14. The molecule has 0 aromatic heterocycles. The molecule has 90 valence electrons. The summed E-state index contributed by atoms with van der Waals surface area (Å²) in [7, 11) is 3.34. The van der Waals surface area contributed by atoms with Gasteiger partial charge in [0.1, 0.15) is 0 Å². The molecule has 0 aliphatic carbocycles. The molecule has 2 nitrogen and oxygen atoms in total. The van der Waals surface area contributed by atoms with Crippen molar-refractivity contribution >= 4 is 0 Å². The molecule has 1 aromatic carbocycles. The number of benzene rings is 1. The lowest BCUT2D eigenvalue weighted by Crippen LogP contribution is -2.07. The average Bonchev–Trinajstić information content (AvgIpc) is 2.28. The van der Waals surface area contributed by atoms with E-state index in [0.29, 0.717) is 11.8 Å². The van der Waals surface area contributed by atoms with Crippen LogP contribution >= 0.6 is 0 Å². The Morgan fingerprint density at radius 2 is 1.62 bits per heavy atom. The Kier molecular flexibility index (Phi) is 4.66. The molecule has 0 aliphatic heterocycles. The van der Waals surface area contributed by atoms with Crippen LogP contribution in [-0.4, -0.2) is 14.2 Å². The van der Waals surface area contributed by atoms with Crippen LogP contribution in [0.1, 0.15) is 26.3 Å². The summed E-state index contributed by atoms with van der Waals surface area (Å²) in [6.07, 6.45) is 1.08. The summed E-state index contributed by atoms with van der Waals surface area (Å²) < 4.78 is 10.5. The summed E-state index contributed by atoms with van der Waals surface area (Å²) in [4.78, 5) is 0. The van der Waals surface area contributed by atoms with E-state index >= 15 is 0 Å². The molecule has 0 heterocycles. The van der Waals surface area contributed by atoms with Gasteiger partial charge in [-0.1, -0.05) is 26.8 Å². The lowest BCUT2D eigenvalue weighted by molar-refractivity contribution is 0.353. The molecule has 0 bridgehead atoms. The molecule has 0 fully saturated rings. The first-order valence-corrected chi connectivity index (χ1v) is 5.79. The van der Waals surface area contributed by atoms with Crippen molar-refractivity contribution in [3.05, 3.63) is 23.8 Å². The molecule has 0 saturated carbocycles. The highest BCUT2D eigenvalue weighted by molar-refractivity contribution is 5.42. The van der Waals surface area contributed by atoms with Crippen LogP contribution < -0.4 is 9.47 Å². The lowest BCUT2D eigenvalue weighted by atomic mass is 9.91. The van der Waals surface area contributed by atoms with E-state index in [4.69, 9.17) is 9.47 Å². The number of hydrogen-bond acceptors (Lipinski definition) is 2. The Morgan fingerprint density at radius 1 is 1.00 bits per heavy atom. The number of rotatable bonds is 5. The van der Waals surface area contributed by atoms with Gasteiger partial charge in [0, 0.05) is 0 Å². The largest absolute Gasteiger partial charge is 0.493 e. The van der Waals surface area contributed by atoms with E-state index in [1.165, 1.54) is 5.56 Å². The third-order valence-electron chi connectivity index (χ3n) is 3.14. The van der Waals surface area contributed by atoms with E-state index in [9.17, 15) is 0 Å². The maximum Gasteiger partial charge on any atom is 0.160 e. The highest BCUT2D eigenvalue weighted by atomic mass is 16.5. The van der Waals surface area contributed by atoms with Gasteiger partial charge >= 0.3 is 0 Å². The van der Waals surface area contributed by atoms with Gasteiger partial charge in [-0.25, -0.2) is 0 Å². The first kappa shape index (κ1) is 12.9. The van der Waals surface area contributed by atoms with Gasteiger partial charge in [0.15, 0.2) is 11.5 Å². The predicted molar refractivity (Wildman–Crippen MR) is 67.3 cm³/mol. The summed E-state index contributed by atoms with van der Waals surface area (Å²) in [6, 6.07) is 6.15. The second-order valence-electron chi connectivity index (χ2n) is 4.61. The molecular formula is C14H22O2. The monoisotopic (exact) mass is 222 g/mol. The first-order valence-electron chi connectivity index (χ1n) is 5.79. The first-order chi connectivity index (χ1) is 7.58. The average molecular weight is 222 g/mol. The molecule has 16 heavy (non-hydrogen) atoms. The quantitative estimate of drug-likeness (QED) is 0.758. The van der Waals surface area contributed by atoms with Crippen molar-refractivity contribution in [3.63, 3.8) is 0 Å². The van der Waals surface area contributed by atoms with Crippen LogP contribution in [0, 0.1) is 11.8 Å². The molecule has 0 amide bonds. The van der Waals surface area contributed by atoms with E-state index in [-0.39, 0.29) is 0 Å². The SMILES string of the molecule is COc1ccc(CC(C)C(C)C)cc1OC. The molecule has 2 heteroatoms. The number of hydrogen-bond donors (Lipinski definition) is 0. The fourth-order valence-electron chi connectivity index (χ4n) is 1.62. The fourth-order valence-corrected chi connectivity index (χ4v) is 1.62. The van der Waals surface area contributed by atoms with Crippen molar-refractivity contribution in [2.45, 2.75) is 27.2 Å². The molecule has 0 N–H and O–H groups in total. The zero-order valence-corrected chi connectivity index (χ0v) is 10.9. The minimum Gasteiger partial charge on any atom is -0.493 e. The minimum atomic E-state index is 0.679. The van der Waals surface area contributed by atoms with Crippen molar-refractivity contribution in [1.29, 1.82) is 0 Å². The van der Waals surface area contributed by atoms with Crippen LogP contribution in [0.2, 0.25) is 0 Å². The Hall–Kier alpha value is -1.18. The van der Waals surface area contributed by atoms with Gasteiger partial charge in [-0.2, -0.15) is 0 Å². The molecular weight excluding hydrogens is 200 g/mol. The normalized spacial score (nSPS) is 12.6. The van der Waals surface area contributed by atoms with E-state index < -0.39 is 0 Å². The fraction of sp³-hybridized carbons (Fsp3) is 0.571. The highest BCUT2D eigenvalue weighted by Gasteiger charge is 2.10. The van der Waals surface area contributed by atoms with Crippen molar-refractivity contribution in [2.75, 3.05) is 14.2 Å². The summed E-state index contributed by atoms with van der Waals surface area (Å²) >= 11 is 0. The standard InChI is InChI=1S/C14H22O2/c1-10(2)11(3)8-12-6-7-13(15-4)14(9-12)16-5/h6-7,9-11H,8H2,1-5H3. The van der Waals surface area contributed by atoms with Crippen molar-refractivity contribution in [3.8, 4) is 11.5 Å². The van der Waals surface area contributed by atoms with Crippen LogP contribution in [-0.2, 0) is 6.42 Å². The molecule has 0 radical (unpaired) electrons. The van der Waals surface area contributed by atoms with Gasteiger partial charge in [0.2, 0.25) is 0 Å². The van der Waals surface area contributed by atoms with E-state index in [1.54, 1.807) is 14.2 Å². The third kappa shape index (κ3) is 3.16. The van der Waals surface area contributed by atoms with Crippen LogP contribution in [0.5, 0.6) is 11.5 Å². The minimum absolute atomic E-state index is 0.679. The van der Waals surface area contributed by atoms with E-state index in [0.717, 1.165) is 17.9 Å². The van der Waals surface area contributed by atoms with Crippen molar-refractivity contribution in [1.82, 2.24) is 0 Å². The Balaban J connectivity index is 2.82. The summed E-state index contributed by atoms with van der Waals surface area (Å²) in [5, 5.41) is 0. The Morgan fingerprint density at radius 3 is 2.12 bits per heavy atom. The van der Waals surface area contributed by atoms with Crippen LogP contribution in [0.4, 0.5) is 0 Å². The second-order valence-corrected chi connectivity index (χ2v) is 4.61. The smallest absolute Gasteiger partial charge is 0.160 e. The maximum atomic E-state index is 5.29. The summed E-state index contributed by atoms with van der Waals surface area (Å²) in [5.74, 6) is 2.99. The molecule has 0 aliphatic rings. The van der Waals surface area contributed by atoms with Gasteiger partial charge in [-0.15, -0.1) is 0 Å². The molecule has 0 saturated heterocycles. The van der Waals surface area contributed by atoms with Gasteiger partial charge in [-0.05, 0) is 36.0 Å². The molecule has 1 unspecified atom stereocenters. The highest BCUT2D eigenvalue weighted by Crippen LogP contribution is 2.29. The number of methoxy groups -OCH3 is 2. The van der Waals surface area contributed by atoms with Crippen molar-refractivity contribution < 1.29 is 9.47 Å². The zero-order chi connectivity index (χ0) is 12.1. The van der Waals surface area contributed by atoms with Crippen molar-refractivity contribution in [2.24, 2.45) is 11.8 Å². The Labute approximate surface area is 98.6 Å². The molecule has 0 spiro atoms. The topological polar surface area (TPSA) is 18.5 Å².